The first-order valence-electron chi connectivity index (χ1n) is 10.5. The van der Waals surface area contributed by atoms with Crippen molar-refractivity contribution in [2.24, 2.45) is 0 Å². The summed E-state index contributed by atoms with van der Waals surface area (Å²) in [7, 11) is -3.96. The first-order chi connectivity index (χ1) is 14.8. The molecular formula is C22H30N4O4S. The van der Waals surface area contributed by atoms with Gasteiger partial charge in [-0.3, -0.25) is 9.52 Å². The van der Waals surface area contributed by atoms with Crippen LogP contribution in [0, 0.1) is 0 Å². The van der Waals surface area contributed by atoms with E-state index in [9.17, 15) is 13.2 Å². The van der Waals surface area contributed by atoms with Gasteiger partial charge in [-0.05, 0) is 43.8 Å². The number of nitrogens with zero attached hydrogens (tertiary/aromatic N) is 2. The van der Waals surface area contributed by atoms with E-state index < -0.39 is 10.0 Å². The van der Waals surface area contributed by atoms with Crippen LogP contribution < -0.4 is 19.7 Å². The molecule has 8 nitrogen and oxygen atoms in total. The Labute approximate surface area is 184 Å². The topological polar surface area (TPSA) is 91.0 Å². The van der Waals surface area contributed by atoms with Crippen molar-refractivity contribution >= 4 is 33.0 Å². The largest absolute Gasteiger partial charge is 0.492 e. The molecular weight excluding hydrogens is 416 g/mol. The molecule has 2 aromatic carbocycles. The molecule has 0 radical (unpaired) electrons. The fourth-order valence-corrected chi connectivity index (χ4v) is 4.86. The van der Waals surface area contributed by atoms with Crippen molar-refractivity contribution in [3.05, 3.63) is 42.5 Å². The second kappa shape index (κ2) is 10.0. The fraction of sp³-hybridized carbons (Fsp3) is 0.409. The molecule has 1 amide bonds. The Balaban J connectivity index is 1.92. The predicted molar refractivity (Wildman–Crippen MR) is 123 cm³/mol. The van der Waals surface area contributed by atoms with Gasteiger partial charge in [-0.25, -0.2) is 8.42 Å². The lowest BCUT2D eigenvalue weighted by Crippen LogP contribution is -2.46. The number of carbonyl (C=O) groups is 1. The summed E-state index contributed by atoms with van der Waals surface area (Å²) in [5.41, 5.74) is 1.75. The first kappa shape index (κ1) is 22.9. The van der Waals surface area contributed by atoms with E-state index in [0.29, 0.717) is 18.0 Å². The van der Waals surface area contributed by atoms with Gasteiger partial charge in [0.2, 0.25) is 5.91 Å². The molecule has 0 atom stereocenters. The summed E-state index contributed by atoms with van der Waals surface area (Å²) >= 11 is 0. The predicted octanol–water partition coefficient (Wildman–Crippen LogP) is 2.99. The molecule has 31 heavy (non-hydrogen) atoms. The van der Waals surface area contributed by atoms with E-state index in [1.165, 1.54) is 13.0 Å². The zero-order valence-corrected chi connectivity index (χ0v) is 19.0. The van der Waals surface area contributed by atoms with E-state index in [1.54, 1.807) is 31.2 Å². The highest BCUT2D eigenvalue weighted by atomic mass is 32.2. The third-order valence-electron chi connectivity index (χ3n) is 5.16. The Kier molecular flexibility index (Phi) is 7.40. The monoisotopic (exact) mass is 446 g/mol. The van der Waals surface area contributed by atoms with Crippen molar-refractivity contribution in [2.45, 2.75) is 25.7 Å². The molecule has 168 valence electrons. The number of carbonyl (C=O) groups excluding carboxylic acids is 1. The normalized spacial score (nSPS) is 14.9. The van der Waals surface area contributed by atoms with E-state index in [1.807, 2.05) is 12.1 Å². The van der Waals surface area contributed by atoms with Crippen molar-refractivity contribution in [2.75, 3.05) is 54.3 Å². The van der Waals surface area contributed by atoms with Gasteiger partial charge in [0.15, 0.2) is 0 Å². The number of rotatable bonds is 8. The number of hydrogen-bond acceptors (Lipinski definition) is 6. The molecule has 0 saturated carbocycles. The van der Waals surface area contributed by atoms with E-state index >= 15 is 0 Å². The molecule has 1 heterocycles. The SMILES string of the molecule is CCOc1ccc(NC(C)=O)cc1S(=O)(=O)Nc1ccccc1N1CCN(CC)CC1. The quantitative estimate of drug-likeness (QED) is 0.648. The third kappa shape index (κ3) is 5.68. The van der Waals surface area contributed by atoms with Gasteiger partial charge in [0, 0.05) is 38.8 Å². The highest BCUT2D eigenvalue weighted by Crippen LogP contribution is 2.33. The molecule has 1 saturated heterocycles. The number of amides is 1. The van der Waals surface area contributed by atoms with Crippen LogP contribution in [-0.2, 0) is 14.8 Å². The van der Waals surface area contributed by atoms with E-state index in [0.717, 1.165) is 38.4 Å². The van der Waals surface area contributed by atoms with Crippen LogP contribution in [0.3, 0.4) is 0 Å². The fourth-order valence-electron chi connectivity index (χ4n) is 3.61. The van der Waals surface area contributed by atoms with Crippen LogP contribution in [0.4, 0.5) is 17.1 Å². The average Bonchev–Trinajstić information content (AvgIpc) is 2.75. The molecule has 0 unspecified atom stereocenters. The summed E-state index contributed by atoms with van der Waals surface area (Å²) in [6.45, 7) is 10.2. The lowest BCUT2D eigenvalue weighted by molar-refractivity contribution is -0.114. The van der Waals surface area contributed by atoms with Crippen LogP contribution in [0.2, 0.25) is 0 Å². The highest BCUT2D eigenvalue weighted by Gasteiger charge is 2.24. The molecule has 0 bridgehead atoms. The van der Waals surface area contributed by atoms with E-state index in [-0.39, 0.29) is 16.6 Å². The lowest BCUT2D eigenvalue weighted by atomic mass is 10.2. The van der Waals surface area contributed by atoms with E-state index in [4.69, 9.17) is 4.74 Å². The second-order valence-electron chi connectivity index (χ2n) is 7.32. The minimum atomic E-state index is -3.96. The molecule has 0 spiro atoms. The number of sulfonamides is 1. The second-order valence-corrected chi connectivity index (χ2v) is 8.97. The number of benzene rings is 2. The van der Waals surface area contributed by atoms with Crippen molar-refractivity contribution in [1.29, 1.82) is 0 Å². The zero-order valence-electron chi connectivity index (χ0n) is 18.2. The molecule has 1 aliphatic heterocycles. The Morgan fingerprint density at radius 2 is 1.77 bits per heavy atom. The van der Waals surface area contributed by atoms with Crippen molar-refractivity contribution in [3.63, 3.8) is 0 Å². The van der Waals surface area contributed by atoms with Gasteiger partial charge in [-0.2, -0.15) is 0 Å². The number of likely N-dealkylation sites (N-methyl/N-ethyl adjacent to an activating group) is 1. The summed E-state index contributed by atoms with van der Waals surface area (Å²) in [6.07, 6.45) is 0. The van der Waals surface area contributed by atoms with Crippen LogP contribution in [0.5, 0.6) is 5.75 Å². The van der Waals surface area contributed by atoms with Crippen LogP contribution in [0.1, 0.15) is 20.8 Å². The smallest absolute Gasteiger partial charge is 0.265 e. The molecule has 1 fully saturated rings. The maximum absolute atomic E-state index is 13.3. The van der Waals surface area contributed by atoms with Gasteiger partial charge in [0.25, 0.3) is 10.0 Å². The van der Waals surface area contributed by atoms with Crippen LogP contribution >= 0.6 is 0 Å². The van der Waals surface area contributed by atoms with Crippen LogP contribution in [0.15, 0.2) is 47.4 Å². The van der Waals surface area contributed by atoms with Gasteiger partial charge >= 0.3 is 0 Å². The number of anilines is 3. The maximum atomic E-state index is 13.3. The molecule has 9 heteroatoms. The van der Waals surface area contributed by atoms with Crippen molar-refractivity contribution < 1.29 is 17.9 Å². The maximum Gasteiger partial charge on any atom is 0.265 e. The average molecular weight is 447 g/mol. The molecule has 3 rings (SSSR count). The van der Waals surface area contributed by atoms with Gasteiger partial charge in [-0.1, -0.05) is 19.1 Å². The number of para-hydroxylation sites is 2. The number of nitrogens with one attached hydrogen (secondary N) is 2. The third-order valence-corrected chi connectivity index (χ3v) is 6.55. The van der Waals surface area contributed by atoms with Crippen LogP contribution in [-0.4, -0.2) is 58.6 Å². The lowest BCUT2D eigenvalue weighted by Gasteiger charge is -2.36. The highest BCUT2D eigenvalue weighted by molar-refractivity contribution is 7.92. The molecule has 0 aliphatic carbocycles. The molecule has 0 aromatic heterocycles. The summed E-state index contributed by atoms with van der Waals surface area (Å²) in [5, 5.41) is 2.62. The molecule has 2 N–H and O–H groups in total. The number of ether oxygens (including phenoxy) is 1. The van der Waals surface area contributed by atoms with Gasteiger partial charge in [0.05, 0.1) is 18.0 Å². The number of piperazine rings is 1. The minimum absolute atomic E-state index is 0.0220. The summed E-state index contributed by atoms with van der Waals surface area (Å²) in [6, 6.07) is 12.0. The Bertz CT molecular complexity index is 1020. The molecule has 1 aliphatic rings. The summed E-state index contributed by atoms with van der Waals surface area (Å²) < 4.78 is 34.9. The van der Waals surface area contributed by atoms with Crippen molar-refractivity contribution in [1.82, 2.24) is 4.90 Å². The van der Waals surface area contributed by atoms with Gasteiger partial charge < -0.3 is 19.9 Å². The Morgan fingerprint density at radius 1 is 1.06 bits per heavy atom. The first-order valence-corrected chi connectivity index (χ1v) is 12.0. The Hall–Kier alpha value is -2.78. The summed E-state index contributed by atoms with van der Waals surface area (Å²) in [4.78, 5) is 16.0. The Morgan fingerprint density at radius 3 is 2.42 bits per heavy atom. The van der Waals surface area contributed by atoms with Crippen LogP contribution in [0.25, 0.3) is 0 Å². The van der Waals surface area contributed by atoms with E-state index in [2.05, 4.69) is 26.8 Å². The summed E-state index contributed by atoms with van der Waals surface area (Å²) in [5.74, 6) is -0.0461. The van der Waals surface area contributed by atoms with Crippen molar-refractivity contribution in [3.8, 4) is 5.75 Å². The standard InChI is InChI=1S/C22H30N4O4S/c1-4-25-12-14-26(15-13-25)20-9-7-6-8-19(20)24-31(28,29)22-16-18(23-17(3)27)10-11-21(22)30-5-2/h6-11,16,24H,4-5,12-15H2,1-3H3,(H,23,27). The molecule has 2 aromatic rings. The van der Waals surface area contributed by atoms with Gasteiger partial charge in [-0.15, -0.1) is 0 Å². The zero-order chi connectivity index (χ0) is 22.4. The number of hydrogen-bond donors (Lipinski definition) is 2. The minimum Gasteiger partial charge on any atom is -0.492 e. The van der Waals surface area contributed by atoms with Gasteiger partial charge in [0.1, 0.15) is 10.6 Å².